The number of pyridine rings is 1. The van der Waals surface area contributed by atoms with Crippen molar-refractivity contribution in [3.8, 4) is 11.4 Å². The second-order valence-corrected chi connectivity index (χ2v) is 6.90. The summed E-state index contributed by atoms with van der Waals surface area (Å²) < 4.78 is 5.73. The van der Waals surface area contributed by atoms with Gasteiger partial charge < -0.3 is 14.7 Å². The van der Waals surface area contributed by atoms with Crippen LogP contribution in [0.15, 0.2) is 30.6 Å². The number of hydrogen-bond acceptors (Lipinski definition) is 7. The maximum absolute atomic E-state index is 11.2. The van der Waals surface area contributed by atoms with Crippen LogP contribution in [-0.4, -0.2) is 76.4 Å². The number of ether oxygens (including phenoxy) is 1. The smallest absolute Gasteiger partial charge is 0.335 e. The average Bonchev–Trinajstić information content (AvgIpc) is 3.22. The highest BCUT2D eigenvalue weighted by Crippen LogP contribution is 2.20. The predicted molar refractivity (Wildman–Crippen MR) is 99.8 cm³/mol. The van der Waals surface area contributed by atoms with Crippen molar-refractivity contribution in [2.24, 2.45) is 0 Å². The summed E-state index contributed by atoms with van der Waals surface area (Å²) in [6.07, 6.45) is 5.90. The Hall–Kier alpha value is -2.58. The zero-order valence-corrected chi connectivity index (χ0v) is 15.1. The Morgan fingerprint density at radius 1 is 1.15 bits per heavy atom. The fourth-order valence-electron chi connectivity index (χ4n) is 3.55. The van der Waals surface area contributed by atoms with E-state index in [0.717, 1.165) is 45.8 Å². The second kappa shape index (κ2) is 7.98. The number of nitrogens with zero attached hydrogens (tertiary/aromatic N) is 5. The van der Waals surface area contributed by atoms with Crippen LogP contribution in [0.4, 0.5) is 5.95 Å². The number of carboxylic acids is 1. The van der Waals surface area contributed by atoms with E-state index in [0.29, 0.717) is 23.4 Å². The highest BCUT2D eigenvalue weighted by molar-refractivity contribution is 5.88. The van der Waals surface area contributed by atoms with Crippen molar-refractivity contribution in [3.63, 3.8) is 0 Å². The summed E-state index contributed by atoms with van der Waals surface area (Å²) in [5, 5.41) is 9.16. The Labute approximate surface area is 157 Å². The molecule has 0 aliphatic carbocycles. The van der Waals surface area contributed by atoms with Crippen molar-refractivity contribution >= 4 is 11.9 Å². The third kappa shape index (κ3) is 4.23. The van der Waals surface area contributed by atoms with Crippen LogP contribution in [0.25, 0.3) is 11.4 Å². The first-order chi connectivity index (χ1) is 13.2. The molecule has 2 aliphatic heterocycles. The molecule has 0 spiro atoms. The first kappa shape index (κ1) is 17.8. The molecule has 0 amide bonds. The van der Waals surface area contributed by atoms with Crippen LogP contribution in [0.1, 0.15) is 23.2 Å². The van der Waals surface area contributed by atoms with E-state index in [9.17, 15) is 4.79 Å². The SMILES string of the molecule is O=C(O)c1ccnc(-c2ccnc(N3CCN(C[C@H]4CCCO4)CC3)n2)c1. The number of anilines is 1. The zero-order chi connectivity index (χ0) is 18.6. The van der Waals surface area contributed by atoms with E-state index in [-0.39, 0.29) is 5.56 Å². The predicted octanol–water partition coefficient (Wildman–Crippen LogP) is 1.54. The summed E-state index contributed by atoms with van der Waals surface area (Å²) in [5.41, 5.74) is 1.36. The van der Waals surface area contributed by atoms with E-state index in [1.165, 1.54) is 24.8 Å². The van der Waals surface area contributed by atoms with Crippen LogP contribution in [0.2, 0.25) is 0 Å². The minimum atomic E-state index is -0.977. The fourth-order valence-corrected chi connectivity index (χ4v) is 3.55. The monoisotopic (exact) mass is 369 g/mol. The van der Waals surface area contributed by atoms with Crippen LogP contribution < -0.4 is 4.90 Å². The molecule has 27 heavy (non-hydrogen) atoms. The molecule has 0 aromatic carbocycles. The molecule has 4 heterocycles. The molecule has 1 atom stereocenters. The lowest BCUT2D eigenvalue weighted by Gasteiger charge is -2.35. The minimum Gasteiger partial charge on any atom is -0.478 e. The van der Waals surface area contributed by atoms with Crippen LogP contribution in [-0.2, 0) is 4.74 Å². The molecule has 2 aliphatic rings. The fraction of sp³-hybridized carbons (Fsp3) is 0.474. The van der Waals surface area contributed by atoms with Gasteiger partial charge in [0.05, 0.1) is 23.1 Å². The lowest BCUT2D eigenvalue weighted by atomic mass is 10.2. The number of carboxylic acid groups (broad SMARTS) is 1. The Morgan fingerprint density at radius 3 is 2.70 bits per heavy atom. The molecule has 0 bridgehead atoms. The molecule has 142 valence electrons. The summed E-state index contributed by atoms with van der Waals surface area (Å²) in [6, 6.07) is 4.76. The highest BCUT2D eigenvalue weighted by atomic mass is 16.5. The molecular formula is C19H23N5O3. The van der Waals surface area contributed by atoms with Crippen LogP contribution >= 0.6 is 0 Å². The molecular weight excluding hydrogens is 346 g/mol. The van der Waals surface area contributed by atoms with Crippen molar-refractivity contribution in [2.75, 3.05) is 44.2 Å². The Balaban J connectivity index is 1.42. The van der Waals surface area contributed by atoms with Gasteiger partial charge in [-0.25, -0.2) is 14.8 Å². The summed E-state index contributed by atoms with van der Waals surface area (Å²) >= 11 is 0. The van der Waals surface area contributed by atoms with Gasteiger partial charge in [-0.3, -0.25) is 9.88 Å². The van der Waals surface area contributed by atoms with Crippen LogP contribution in [0.5, 0.6) is 0 Å². The second-order valence-electron chi connectivity index (χ2n) is 6.90. The molecule has 0 unspecified atom stereocenters. The van der Waals surface area contributed by atoms with Crippen molar-refractivity contribution in [3.05, 3.63) is 36.2 Å². The zero-order valence-electron chi connectivity index (χ0n) is 15.1. The number of hydrogen-bond donors (Lipinski definition) is 1. The van der Waals surface area contributed by atoms with E-state index in [2.05, 4.69) is 24.8 Å². The molecule has 0 saturated carbocycles. The van der Waals surface area contributed by atoms with Gasteiger partial charge in [-0.15, -0.1) is 0 Å². The molecule has 2 aromatic heterocycles. The van der Waals surface area contributed by atoms with Crippen molar-refractivity contribution in [1.29, 1.82) is 0 Å². The summed E-state index contributed by atoms with van der Waals surface area (Å²) in [4.78, 5) is 29.0. The van der Waals surface area contributed by atoms with Gasteiger partial charge in [0.2, 0.25) is 5.95 Å². The van der Waals surface area contributed by atoms with Gasteiger partial charge in [-0.05, 0) is 31.0 Å². The van der Waals surface area contributed by atoms with E-state index in [1.807, 2.05) is 0 Å². The average molecular weight is 369 g/mol. The standard InChI is InChI=1S/C19H23N5O3/c25-18(26)14-3-5-20-17(12-14)16-4-6-21-19(22-16)24-9-7-23(8-10-24)13-15-2-1-11-27-15/h3-6,12,15H,1-2,7-11,13H2,(H,25,26)/t15-/m1/s1. The van der Waals surface area contributed by atoms with Gasteiger partial charge in [0.1, 0.15) is 0 Å². The Bertz CT molecular complexity index is 801. The molecule has 4 rings (SSSR count). The summed E-state index contributed by atoms with van der Waals surface area (Å²) in [6.45, 7) is 5.53. The third-order valence-electron chi connectivity index (χ3n) is 5.05. The Kier molecular flexibility index (Phi) is 5.26. The van der Waals surface area contributed by atoms with Gasteiger partial charge in [0.15, 0.2) is 0 Å². The van der Waals surface area contributed by atoms with E-state index < -0.39 is 5.97 Å². The number of carbonyl (C=O) groups is 1. The van der Waals surface area contributed by atoms with Crippen LogP contribution in [0.3, 0.4) is 0 Å². The summed E-state index contributed by atoms with van der Waals surface area (Å²) in [7, 11) is 0. The van der Waals surface area contributed by atoms with Crippen molar-refractivity contribution in [1.82, 2.24) is 19.9 Å². The minimum absolute atomic E-state index is 0.197. The molecule has 2 fully saturated rings. The van der Waals surface area contributed by atoms with Crippen molar-refractivity contribution in [2.45, 2.75) is 18.9 Å². The lowest BCUT2D eigenvalue weighted by Crippen LogP contribution is -2.49. The topological polar surface area (TPSA) is 91.7 Å². The number of aromatic carboxylic acids is 1. The molecule has 2 aromatic rings. The maximum Gasteiger partial charge on any atom is 0.335 e. The first-order valence-electron chi connectivity index (χ1n) is 9.31. The van der Waals surface area contributed by atoms with E-state index in [1.54, 1.807) is 12.3 Å². The third-order valence-corrected chi connectivity index (χ3v) is 5.05. The van der Waals surface area contributed by atoms with E-state index >= 15 is 0 Å². The molecule has 1 N–H and O–H groups in total. The molecule has 8 heteroatoms. The first-order valence-corrected chi connectivity index (χ1v) is 9.31. The van der Waals surface area contributed by atoms with Crippen LogP contribution in [0, 0.1) is 0 Å². The number of piperazine rings is 1. The van der Waals surface area contributed by atoms with Gasteiger partial charge in [0.25, 0.3) is 0 Å². The summed E-state index contributed by atoms with van der Waals surface area (Å²) in [5.74, 6) is -0.318. The quantitative estimate of drug-likeness (QED) is 0.849. The van der Waals surface area contributed by atoms with Gasteiger partial charge in [-0.1, -0.05) is 0 Å². The number of rotatable bonds is 5. The maximum atomic E-state index is 11.2. The number of aromatic nitrogens is 3. The largest absolute Gasteiger partial charge is 0.478 e. The van der Waals surface area contributed by atoms with Crippen molar-refractivity contribution < 1.29 is 14.6 Å². The molecule has 8 nitrogen and oxygen atoms in total. The van der Waals surface area contributed by atoms with Gasteiger partial charge >= 0.3 is 5.97 Å². The Morgan fingerprint density at radius 2 is 1.96 bits per heavy atom. The normalized spacial score (nSPS) is 20.7. The molecule has 2 saturated heterocycles. The lowest BCUT2D eigenvalue weighted by molar-refractivity contribution is 0.0696. The van der Waals surface area contributed by atoms with E-state index in [4.69, 9.17) is 9.84 Å². The molecule has 0 radical (unpaired) electrons. The van der Waals surface area contributed by atoms with Gasteiger partial charge in [-0.2, -0.15) is 0 Å². The van der Waals surface area contributed by atoms with Gasteiger partial charge in [0, 0.05) is 51.7 Å². The highest BCUT2D eigenvalue weighted by Gasteiger charge is 2.24.